The summed E-state index contributed by atoms with van der Waals surface area (Å²) >= 11 is 0. The molecule has 150 valence electrons. The van der Waals surface area contributed by atoms with Gasteiger partial charge in [0.15, 0.2) is 0 Å². The van der Waals surface area contributed by atoms with Crippen LogP contribution in [0.1, 0.15) is 16.8 Å². The van der Waals surface area contributed by atoms with Crippen molar-refractivity contribution in [1.29, 1.82) is 0 Å². The molecule has 1 heterocycles. The molecule has 1 aliphatic heterocycles. The third kappa shape index (κ3) is 4.30. The third-order valence-corrected chi connectivity index (χ3v) is 6.04. The SMILES string of the molecule is O=C(c1ccc(S(=O)(=O)C(F)F)cc1)N1CCCN(c2ccc(F)cc2)CC1. The number of alkyl halides is 2. The molecule has 0 aromatic heterocycles. The van der Waals surface area contributed by atoms with Gasteiger partial charge in [0.25, 0.3) is 5.91 Å². The molecular formula is C19H19F3N2O3S. The van der Waals surface area contributed by atoms with Gasteiger partial charge in [-0.25, -0.2) is 12.8 Å². The minimum absolute atomic E-state index is 0.239. The second kappa shape index (κ2) is 8.22. The molecular weight excluding hydrogens is 393 g/mol. The van der Waals surface area contributed by atoms with Gasteiger partial charge in [-0.2, -0.15) is 8.78 Å². The Kier molecular flexibility index (Phi) is 5.93. The van der Waals surface area contributed by atoms with Gasteiger partial charge in [-0.15, -0.1) is 0 Å². The number of hydrogen-bond acceptors (Lipinski definition) is 4. The summed E-state index contributed by atoms with van der Waals surface area (Å²) in [6.07, 6.45) is 0.709. The molecule has 28 heavy (non-hydrogen) atoms. The van der Waals surface area contributed by atoms with E-state index in [2.05, 4.69) is 4.90 Å². The fourth-order valence-corrected chi connectivity index (χ4v) is 3.82. The topological polar surface area (TPSA) is 57.7 Å². The number of hydrogen-bond donors (Lipinski definition) is 0. The molecule has 1 amide bonds. The van der Waals surface area contributed by atoms with Crippen LogP contribution in [-0.4, -0.2) is 51.2 Å². The van der Waals surface area contributed by atoms with Crippen LogP contribution < -0.4 is 4.90 Å². The molecule has 0 spiro atoms. The number of halogens is 3. The van der Waals surface area contributed by atoms with Gasteiger partial charge in [0.1, 0.15) is 5.82 Å². The maximum absolute atomic E-state index is 13.1. The van der Waals surface area contributed by atoms with Crippen LogP contribution in [-0.2, 0) is 9.84 Å². The van der Waals surface area contributed by atoms with Gasteiger partial charge in [-0.3, -0.25) is 4.79 Å². The summed E-state index contributed by atoms with van der Waals surface area (Å²) in [6, 6.07) is 10.7. The van der Waals surface area contributed by atoms with E-state index in [4.69, 9.17) is 0 Å². The summed E-state index contributed by atoms with van der Waals surface area (Å²) in [4.78, 5) is 15.9. The fourth-order valence-electron chi connectivity index (χ4n) is 3.10. The van der Waals surface area contributed by atoms with Crippen molar-refractivity contribution >= 4 is 21.4 Å². The minimum Gasteiger partial charge on any atom is -0.370 e. The van der Waals surface area contributed by atoms with Crippen molar-refractivity contribution in [3.63, 3.8) is 0 Å². The summed E-state index contributed by atoms with van der Waals surface area (Å²) in [5.41, 5.74) is 1.11. The molecule has 0 radical (unpaired) electrons. The molecule has 0 atom stereocenters. The number of carbonyl (C=O) groups excluding carboxylic acids is 1. The molecule has 0 saturated carbocycles. The van der Waals surface area contributed by atoms with Crippen LogP contribution >= 0.6 is 0 Å². The molecule has 5 nitrogen and oxygen atoms in total. The molecule has 0 aliphatic carbocycles. The molecule has 1 saturated heterocycles. The van der Waals surface area contributed by atoms with E-state index in [1.807, 2.05) is 0 Å². The lowest BCUT2D eigenvalue weighted by molar-refractivity contribution is 0.0767. The molecule has 2 aromatic carbocycles. The Morgan fingerprint density at radius 2 is 1.54 bits per heavy atom. The highest BCUT2D eigenvalue weighted by Crippen LogP contribution is 2.21. The van der Waals surface area contributed by atoms with Gasteiger partial charge in [0.2, 0.25) is 9.84 Å². The van der Waals surface area contributed by atoms with Crippen molar-refractivity contribution in [2.45, 2.75) is 17.1 Å². The molecule has 1 fully saturated rings. The maximum Gasteiger partial charge on any atom is 0.341 e. The molecule has 1 aliphatic rings. The zero-order valence-corrected chi connectivity index (χ0v) is 15.7. The normalized spacial score (nSPS) is 15.6. The van der Waals surface area contributed by atoms with E-state index < -0.39 is 20.5 Å². The summed E-state index contributed by atoms with van der Waals surface area (Å²) in [5.74, 6) is -4.10. The van der Waals surface area contributed by atoms with E-state index in [-0.39, 0.29) is 17.3 Å². The predicted molar refractivity (Wildman–Crippen MR) is 98.8 cm³/mol. The first-order chi connectivity index (χ1) is 13.3. The van der Waals surface area contributed by atoms with Gasteiger partial charge in [0.05, 0.1) is 4.90 Å². The standard InChI is InChI=1S/C19H19F3N2O3S/c20-15-4-6-16(7-5-15)23-10-1-11-24(13-12-23)18(25)14-2-8-17(9-3-14)28(26,27)19(21)22/h2-9,19H,1,10-13H2. The highest BCUT2D eigenvalue weighted by molar-refractivity contribution is 7.91. The lowest BCUT2D eigenvalue weighted by Crippen LogP contribution is -2.35. The first-order valence-corrected chi connectivity index (χ1v) is 10.3. The van der Waals surface area contributed by atoms with Crippen LogP contribution in [0.2, 0.25) is 0 Å². The quantitative estimate of drug-likeness (QED) is 0.774. The van der Waals surface area contributed by atoms with Gasteiger partial charge in [0, 0.05) is 37.4 Å². The Hall–Kier alpha value is -2.55. The zero-order chi connectivity index (χ0) is 20.3. The van der Waals surface area contributed by atoms with Crippen molar-refractivity contribution in [3.8, 4) is 0 Å². The smallest absolute Gasteiger partial charge is 0.341 e. The summed E-state index contributed by atoms with van der Waals surface area (Å²) in [5, 5.41) is 0. The highest BCUT2D eigenvalue weighted by Gasteiger charge is 2.27. The first-order valence-electron chi connectivity index (χ1n) is 8.71. The monoisotopic (exact) mass is 412 g/mol. The van der Waals surface area contributed by atoms with Crippen LogP contribution in [0.15, 0.2) is 53.4 Å². The Labute approximate surface area is 161 Å². The molecule has 0 N–H and O–H groups in total. The van der Waals surface area contributed by atoms with Gasteiger partial charge < -0.3 is 9.80 Å². The average molecular weight is 412 g/mol. The van der Waals surface area contributed by atoms with Crippen molar-refractivity contribution < 1.29 is 26.4 Å². The van der Waals surface area contributed by atoms with Crippen molar-refractivity contribution in [3.05, 3.63) is 59.9 Å². The number of anilines is 1. The Bertz CT molecular complexity index is 932. The fraction of sp³-hybridized carbons (Fsp3) is 0.316. The molecule has 2 aromatic rings. The van der Waals surface area contributed by atoms with Gasteiger partial charge in [-0.05, 0) is 55.0 Å². The maximum atomic E-state index is 13.1. The molecule has 0 unspecified atom stereocenters. The van der Waals surface area contributed by atoms with Crippen LogP contribution in [0.5, 0.6) is 0 Å². The van der Waals surface area contributed by atoms with Crippen LogP contribution in [0, 0.1) is 5.82 Å². The highest BCUT2D eigenvalue weighted by atomic mass is 32.2. The van der Waals surface area contributed by atoms with Crippen molar-refractivity contribution in [1.82, 2.24) is 4.90 Å². The Morgan fingerprint density at radius 1 is 0.893 bits per heavy atom. The van der Waals surface area contributed by atoms with E-state index in [1.165, 1.54) is 24.3 Å². The number of sulfone groups is 1. The average Bonchev–Trinajstić information content (AvgIpc) is 2.94. The second-order valence-electron chi connectivity index (χ2n) is 6.44. The van der Waals surface area contributed by atoms with Crippen molar-refractivity contribution in [2.24, 2.45) is 0 Å². The van der Waals surface area contributed by atoms with Crippen LogP contribution in [0.4, 0.5) is 18.9 Å². The number of nitrogens with zero attached hydrogens (tertiary/aromatic N) is 2. The number of benzene rings is 2. The van der Waals surface area contributed by atoms with Crippen LogP contribution in [0.3, 0.4) is 0 Å². The van der Waals surface area contributed by atoms with Crippen LogP contribution in [0.25, 0.3) is 0 Å². The predicted octanol–water partition coefficient (Wildman–Crippen LogP) is 3.17. The number of amides is 1. The number of rotatable bonds is 4. The Morgan fingerprint density at radius 3 is 2.14 bits per heavy atom. The lowest BCUT2D eigenvalue weighted by atomic mass is 10.2. The zero-order valence-electron chi connectivity index (χ0n) is 14.9. The first kappa shape index (κ1) is 20.2. The van der Waals surface area contributed by atoms with E-state index in [0.717, 1.165) is 17.8 Å². The summed E-state index contributed by atoms with van der Waals surface area (Å²) in [7, 11) is -4.68. The molecule has 0 bridgehead atoms. The van der Waals surface area contributed by atoms with E-state index in [0.29, 0.717) is 32.6 Å². The van der Waals surface area contributed by atoms with Gasteiger partial charge in [-0.1, -0.05) is 0 Å². The minimum atomic E-state index is -4.68. The van der Waals surface area contributed by atoms with Crippen molar-refractivity contribution in [2.75, 3.05) is 31.1 Å². The summed E-state index contributed by atoms with van der Waals surface area (Å²) in [6.45, 7) is 2.22. The van der Waals surface area contributed by atoms with E-state index in [9.17, 15) is 26.4 Å². The number of carbonyl (C=O) groups is 1. The summed E-state index contributed by atoms with van der Waals surface area (Å²) < 4.78 is 61.2. The lowest BCUT2D eigenvalue weighted by Gasteiger charge is -2.23. The molecule has 9 heteroatoms. The van der Waals surface area contributed by atoms with E-state index in [1.54, 1.807) is 17.0 Å². The van der Waals surface area contributed by atoms with Gasteiger partial charge >= 0.3 is 5.76 Å². The Balaban J connectivity index is 1.68. The third-order valence-electron chi connectivity index (χ3n) is 4.64. The van der Waals surface area contributed by atoms with E-state index >= 15 is 0 Å². The largest absolute Gasteiger partial charge is 0.370 e. The molecule has 3 rings (SSSR count). The second-order valence-corrected chi connectivity index (χ2v) is 8.36.